The van der Waals surface area contributed by atoms with Crippen molar-refractivity contribution >= 4 is 34.8 Å². The van der Waals surface area contributed by atoms with Crippen LogP contribution in [0.2, 0.25) is 10.4 Å². The molecule has 1 heterocycles. The molecule has 2 rings (SSSR count). The van der Waals surface area contributed by atoms with E-state index in [0.29, 0.717) is 11.3 Å². The predicted octanol–water partition coefficient (Wildman–Crippen LogP) is 3.04. The Hall–Kier alpha value is -1.65. The van der Waals surface area contributed by atoms with Gasteiger partial charge < -0.3 is 5.32 Å². The highest BCUT2D eigenvalue weighted by Gasteiger charge is 2.09. The van der Waals surface area contributed by atoms with Crippen LogP contribution in [0.5, 0.6) is 0 Å². The zero-order valence-electron chi connectivity index (χ0n) is 8.52. The van der Waals surface area contributed by atoms with Crippen molar-refractivity contribution < 1.29 is 4.79 Å². The SMILES string of the molecule is O=C(Nc1cnc(Cl)nc1Cl)c1ccccc1. The highest BCUT2D eigenvalue weighted by atomic mass is 35.5. The predicted molar refractivity (Wildman–Crippen MR) is 66.4 cm³/mol. The van der Waals surface area contributed by atoms with E-state index in [2.05, 4.69) is 15.3 Å². The Balaban J connectivity index is 2.19. The molecule has 6 heteroatoms. The molecule has 0 atom stereocenters. The number of aromatic nitrogens is 2. The molecule has 86 valence electrons. The Morgan fingerprint density at radius 2 is 1.88 bits per heavy atom. The molecule has 0 spiro atoms. The van der Waals surface area contributed by atoms with E-state index in [4.69, 9.17) is 23.2 Å². The number of halogens is 2. The molecule has 2 aromatic rings. The van der Waals surface area contributed by atoms with Gasteiger partial charge in [0.2, 0.25) is 5.28 Å². The number of benzene rings is 1. The van der Waals surface area contributed by atoms with E-state index < -0.39 is 0 Å². The van der Waals surface area contributed by atoms with Crippen molar-refractivity contribution in [1.29, 1.82) is 0 Å². The van der Waals surface area contributed by atoms with E-state index in [9.17, 15) is 4.79 Å². The maximum absolute atomic E-state index is 11.8. The molecule has 0 bridgehead atoms. The minimum atomic E-state index is -0.279. The molecule has 0 aliphatic carbocycles. The van der Waals surface area contributed by atoms with Crippen molar-refractivity contribution in [3.8, 4) is 0 Å². The third-order valence-electron chi connectivity index (χ3n) is 2.00. The van der Waals surface area contributed by atoms with Crippen LogP contribution in [-0.4, -0.2) is 15.9 Å². The van der Waals surface area contributed by atoms with Crippen LogP contribution in [0.15, 0.2) is 36.5 Å². The summed E-state index contributed by atoms with van der Waals surface area (Å²) >= 11 is 11.4. The fourth-order valence-electron chi connectivity index (χ4n) is 1.21. The number of anilines is 1. The molecule has 0 saturated heterocycles. The molecule has 0 fully saturated rings. The molecule has 0 radical (unpaired) electrons. The molecule has 1 aromatic heterocycles. The topological polar surface area (TPSA) is 54.9 Å². The third-order valence-corrected chi connectivity index (χ3v) is 2.47. The van der Waals surface area contributed by atoms with E-state index in [1.54, 1.807) is 24.3 Å². The Labute approximate surface area is 108 Å². The third kappa shape index (κ3) is 2.93. The molecule has 17 heavy (non-hydrogen) atoms. The molecule has 0 unspecified atom stereocenters. The van der Waals surface area contributed by atoms with Gasteiger partial charge in [-0.25, -0.2) is 9.97 Å². The largest absolute Gasteiger partial charge is 0.318 e. The molecule has 0 aliphatic rings. The second-order valence-electron chi connectivity index (χ2n) is 3.16. The summed E-state index contributed by atoms with van der Waals surface area (Å²) in [6.45, 7) is 0. The first-order valence-corrected chi connectivity index (χ1v) is 5.47. The molecule has 0 saturated carbocycles. The van der Waals surface area contributed by atoms with Gasteiger partial charge in [-0.2, -0.15) is 0 Å². The van der Waals surface area contributed by atoms with Crippen LogP contribution in [0.25, 0.3) is 0 Å². The number of carbonyl (C=O) groups is 1. The summed E-state index contributed by atoms with van der Waals surface area (Å²) in [6, 6.07) is 8.76. The summed E-state index contributed by atoms with van der Waals surface area (Å²) in [5, 5.41) is 2.74. The fraction of sp³-hybridized carbons (Fsp3) is 0. The van der Waals surface area contributed by atoms with Crippen molar-refractivity contribution in [3.63, 3.8) is 0 Å². The molecule has 1 amide bonds. The van der Waals surface area contributed by atoms with E-state index in [-0.39, 0.29) is 16.3 Å². The van der Waals surface area contributed by atoms with Gasteiger partial charge in [-0.3, -0.25) is 4.79 Å². The number of amides is 1. The van der Waals surface area contributed by atoms with Crippen LogP contribution in [0, 0.1) is 0 Å². The first-order chi connectivity index (χ1) is 8.16. The molecule has 1 aromatic carbocycles. The smallest absolute Gasteiger partial charge is 0.255 e. The highest BCUT2D eigenvalue weighted by Crippen LogP contribution is 2.20. The van der Waals surface area contributed by atoms with Gasteiger partial charge in [-0.15, -0.1) is 0 Å². The number of nitrogens with one attached hydrogen (secondary N) is 1. The summed E-state index contributed by atoms with van der Waals surface area (Å²) in [6.07, 6.45) is 1.36. The van der Waals surface area contributed by atoms with Crippen LogP contribution >= 0.6 is 23.2 Å². The first kappa shape index (κ1) is 11.8. The first-order valence-electron chi connectivity index (χ1n) is 4.71. The summed E-state index contributed by atoms with van der Waals surface area (Å²) < 4.78 is 0. The summed E-state index contributed by atoms with van der Waals surface area (Å²) in [5.74, 6) is -0.279. The number of rotatable bonds is 2. The standard InChI is InChI=1S/C11H7Cl2N3O/c12-9-8(6-14-11(13)16-9)15-10(17)7-4-2-1-3-5-7/h1-6H,(H,15,17). The molecule has 0 aliphatic heterocycles. The Morgan fingerprint density at radius 1 is 1.18 bits per heavy atom. The van der Waals surface area contributed by atoms with Crippen molar-refractivity contribution in [1.82, 2.24) is 9.97 Å². The number of carbonyl (C=O) groups excluding carboxylic acids is 1. The average Bonchev–Trinajstić information content (AvgIpc) is 2.34. The average molecular weight is 268 g/mol. The van der Waals surface area contributed by atoms with Gasteiger partial charge in [0.1, 0.15) is 0 Å². The van der Waals surface area contributed by atoms with Crippen molar-refractivity contribution in [3.05, 3.63) is 52.5 Å². The minimum Gasteiger partial charge on any atom is -0.318 e. The summed E-state index contributed by atoms with van der Waals surface area (Å²) in [4.78, 5) is 19.3. The highest BCUT2D eigenvalue weighted by molar-refractivity contribution is 6.34. The zero-order valence-corrected chi connectivity index (χ0v) is 10.0. The summed E-state index contributed by atoms with van der Waals surface area (Å²) in [5.41, 5.74) is 0.850. The lowest BCUT2D eigenvalue weighted by Gasteiger charge is -2.05. The van der Waals surface area contributed by atoms with E-state index in [0.717, 1.165) is 0 Å². The van der Waals surface area contributed by atoms with Crippen LogP contribution in [-0.2, 0) is 0 Å². The molecular weight excluding hydrogens is 261 g/mol. The Morgan fingerprint density at radius 3 is 2.53 bits per heavy atom. The normalized spacial score (nSPS) is 10.0. The van der Waals surface area contributed by atoms with E-state index in [1.807, 2.05) is 6.07 Å². The molecular formula is C11H7Cl2N3O. The van der Waals surface area contributed by atoms with Crippen molar-refractivity contribution in [2.24, 2.45) is 0 Å². The number of hydrogen-bond acceptors (Lipinski definition) is 3. The second kappa shape index (κ2) is 5.12. The van der Waals surface area contributed by atoms with Gasteiger partial charge in [-0.05, 0) is 23.7 Å². The van der Waals surface area contributed by atoms with E-state index >= 15 is 0 Å². The lowest BCUT2D eigenvalue weighted by Crippen LogP contribution is -2.12. The van der Waals surface area contributed by atoms with Gasteiger partial charge in [-0.1, -0.05) is 29.8 Å². The van der Waals surface area contributed by atoms with Crippen molar-refractivity contribution in [2.45, 2.75) is 0 Å². The van der Waals surface area contributed by atoms with Crippen molar-refractivity contribution in [2.75, 3.05) is 5.32 Å². The van der Waals surface area contributed by atoms with Gasteiger partial charge in [0.05, 0.1) is 11.9 Å². The Kier molecular flexibility index (Phi) is 3.56. The summed E-state index contributed by atoms with van der Waals surface area (Å²) in [7, 11) is 0. The molecule has 4 nitrogen and oxygen atoms in total. The minimum absolute atomic E-state index is 0.0349. The van der Waals surface area contributed by atoms with Gasteiger partial charge in [0.15, 0.2) is 5.15 Å². The van der Waals surface area contributed by atoms with Gasteiger partial charge in [0, 0.05) is 5.56 Å². The van der Waals surface area contributed by atoms with Crippen LogP contribution in [0.4, 0.5) is 5.69 Å². The number of hydrogen-bond donors (Lipinski definition) is 1. The van der Waals surface area contributed by atoms with E-state index in [1.165, 1.54) is 6.20 Å². The lowest BCUT2D eigenvalue weighted by molar-refractivity contribution is 0.102. The maximum Gasteiger partial charge on any atom is 0.255 e. The quantitative estimate of drug-likeness (QED) is 0.672. The maximum atomic E-state index is 11.8. The van der Waals surface area contributed by atoms with Gasteiger partial charge >= 0.3 is 0 Å². The molecule has 1 N–H and O–H groups in total. The Bertz CT molecular complexity index is 546. The number of nitrogens with zero attached hydrogens (tertiary/aromatic N) is 2. The van der Waals surface area contributed by atoms with Crippen LogP contribution in [0.3, 0.4) is 0 Å². The van der Waals surface area contributed by atoms with Crippen LogP contribution < -0.4 is 5.32 Å². The lowest BCUT2D eigenvalue weighted by atomic mass is 10.2. The second-order valence-corrected chi connectivity index (χ2v) is 3.86. The fourth-order valence-corrected chi connectivity index (χ4v) is 1.56. The zero-order chi connectivity index (χ0) is 12.3. The van der Waals surface area contributed by atoms with Gasteiger partial charge in [0.25, 0.3) is 5.91 Å². The van der Waals surface area contributed by atoms with Crippen LogP contribution in [0.1, 0.15) is 10.4 Å². The monoisotopic (exact) mass is 267 g/mol.